The Hall–Kier alpha value is -2.93. The maximum absolute atomic E-state index is 14.2. The largest absolute Gasteiger partial charge is 0.432 e. The number of rotatable bonds is 3. The zero-order valence-electron chi connectivity index (χ0n) is 15.2. The molecule has 27 heavy (non-hydrogen) atoms. The number of hydrogen-bond donors (Lipinski definition) is 1. The van der Waals surface area contributed by atoms with Gasteiger partial charge in [0.1, 0.15) is 17.1 Å². The lowest BCUT2D eigenvalue weighted by molar-refractivity contribution is 0.448. The highest BCUT2D eigenvalue weighted by molar-refractivity contribution is 7.80. The van der Waals surface area contributed by atoms with Crippen molar-refractivity contribution in [2.24, 2.45) is 0 Å². The van der Waals surface area contributed by atoms with Crippen molar-refractivity contribution in [2.75, 3.05) is 19.8 Å². The van der Waals surface area contributed by atoms with Gasteiger partial charge >= 0.3 is 5.63 Å². The zero-order valence-corrected chi connectivity index (χ0v) is 16.0. The van der Waals surface area contributed by atoms with Gasteiger partial charge in [0, 0.05) is 37.5 Å². The molecule has 0 unspecified atom stereocenters. The van der Waals surface area contributed by atoms with Crippen LogP contribution in [0, 0.1) is 12.7 Å². The van der Waals surface area contributed by atoms with Crippen LogP contribution in [0.1, 0.15) is 16.7 Å². The molecule has 1 heterocycles. The third kappa shape index (κ3) is 3.78. The Kier molecular flexibility index (Phi) is 5.14. The molecular formula is C20H19FN2O3S. The molecule has 5 nitrogen and oxygen atoms in total. The molecule has 0 aliphatic carbocycles. The van der Waals surface area contributed by atoms with Gasteiger partial charge < -0.3 is 19.8 Å². The first kappa shape index (κ1) is 18.8. The summed E-state index contributed by atoms with van der Waals surface area (Å²) in [6, 6.07) is 9.89. The summed E-state index contributed by atoms with van der Waals surface area (Å²) in [5.74, 6) is -0.0456. The maximum atomic E-state index is 14.2. The summed E-state index contributed by atoms with van der Waals surface area (Å²) >= 11 is 5.12. The van der Waals surface area contributed by atoms with Crippen LogP contribution >= 0.6 is 12.2 Å². The quantitative estimate of drug-likeness (QED) is 0.421. The molecule has 0 atom stereocenters. The molecule has 0 fully saturated rings. The van der Waals surface area contributed by atoms with Crippen LogP contribution in [-0.2, 0) is 6.42 Å². The van der Waals surface area contributed by atoms with E-state index in [1.54, 1.807) is 49.3 Å². The summed E-state index contributed by atoms with van der Waals surface area (Å²) in [4.78, 5) is 14.2. The fraction of sp³-hybridized carbons (Fsp3) is 0.200. The van der Waals surface area contributed by atoms with Crippen LogP contribution in [0.2, 0.25) is 0 Å². The number of aryl methyl sites for hydroxylation is 1. The number of nitrogens with two attached hydrogens (primary N) is 1. The number of halogens is 1. The summed E-state index contributed by atoms with van der Waals surface area (Å²) < 4.78 is 25.2. The van der Waals surface area contributed by atoms with Crippen molar-refractivity contribution in [1.82, 2.24) is 4.90 Å². The van der Waals surface area contributed by atoms with Gasteiger partial charge in [-0.3, -0.25) is 0 Å². The van der Waals surface area contributed by atoms with E-state index in [2.05, 4.69) is 0 Å². The molecule has 0 saturated heterocycles. The van der Waals surface area contributed by atoms with Gasteiger partial charge in [0.2, 0.25) is 0 Å². The molecule has 3 aromatic rings. The first-order chi connectivity index (χ1) is 12.8. The molecule has 0 bridgehead atoms. The van der Waals surface area contributed by atoms with Crippen LogP contribution in [0.5, 0.6) is 5.75 Å². The number of anilines is 1. The summed E-state index contributed by atoms with van der Waals surface area (Å²) in [6.07, 6.45) is 0.101. The average molecular weight is 386 g/mol. The van der Waals surface area contributed by atoms with Gasteiger partial charge in [0.25, 0.3) is 5.17 Å². The molecule has 0 saturated carbocycles. The Balaban J connectivity index is 2.02. The van der Waals surface area contributed by atoms with E-state index >= 15 is 0 Å². The number of benzene rings is 2. The first-order valence-electron chi connectivity index (χ1n) is 8.26. The minimum absolute atomic E-state index is 0.0500. The van der Waals surface area contributed by atoms with Crippen molar-refractivity contribution in [3.05, 3.63) is 69.3 Å². The minimum atomic E-state index is -0.519. The molecule has 0 aliphatic heterocycles. The Morgan fingerprint density at radius 1 is 1.30 bits per heavy atom. The normalized spacial score (nSPS) is 10.8. The molecule has 0 amide bonds. The molecule has 1 aromatic heterocycles. The van der Waals surface area contributed by atoms with Crippen molar-refractivity contribution in [3.8, 4) is 5.75 Å². The van der Waals surface area contributed by atoms with E-state index in [4.69, 9.17) is 27.1 Å². The highest BCUT2D eigenvalue weighted by Crippen LogP contribution is 2.26. The number of fused-ring (bicyclic) bond motifs is 1. The lowest BCUT2D eigenvalue weighted by Gasteiger charge is -2.14. The summed E-state index contributed by atoms with van der Waals surface area (Å²) in [5, 5.41) is 1.04. The number of nitrogens with zero attached hydrogens (tertiary/aromatic N) is 1. The molecule has 2 N–H and O–H groups in total. The Bertz CT molecular complexity index is 1090. The summed E-state index contributed by atoms with van der Waals surface area (Å²) in [6.45, 7) is 1.81. The SMILES string of the molecule is Cc1c(Cc2cccc(N)c2F)c(=O)oc2cc(OC(=S)N(C)C)ccc12. The minimum Gasteiger partial charge on any atom is -0.432 e. The molecule has 0 aliphatic rings. The third-order valence-electron chi connectivity index (χ3n) is 4.30. The predicted molar refractivity (Wildman–Crippen MR) is 108 cm³/mol. The number of thiocarbonyl (C=S) groups is 1. The Labute approximate surface area is 161 Å². The van der Waals surface area contributed by atoms with E-state index in [-0.39, 0.29) is 12.1 Å². The second kappa shape index (κ2) is 7.36. The highest BCUT2D eigenvalue weighted by Gasteiger charge is 2.16. The van der Waals surface area contributed by atoms with Crippen molar-refractivity contribution in [2.45, 2.75) is 13.3 Å². The van der Waals surface area contributed by atoms with Crippen LogP contribution < -0.4 is 16.1 Å². The smallest absolute Gasteiger partial charge is 0.340 e. The van der Waals surface area contributed by atoms with Gasteiger partial charge in [0.15, 0.2) is 0 Å². The van der Waals surface area contributed by atoms with Gasteiger partial charge in [-0.15, -0.1) is 0 Å². The fourth-order valence-corrected chi connectivity index (χ4v) is 2.86. The monoisotopic (exact) mass is 386 g/mol. The second-order valence-electron chi connectivity index (χ2n) is 6.41. The number of hydrogen-bond acceptors (Lipinski definition) is 5. The van der Waals surface area contributed by atoms with E-state index in [1.165, 1.54) is 6.07 Å². The van der Waals surface area contributed by atoms with E-state index < -0.39 is 11.4 Å². The molecule has 2 aromatic carbocycles. The van der Waals surface area contributed by atoms with Crippen LogP contribution in [0.4, 0.5) is 10.1 Å². The standard InChI is InChI=1S/C20H19FN2O3S/c1-11-14-8-7-13(25-20(27)23(2)3)10-17(14)26-19(24)15(11)9-12-5-4-6-16(22)18(12)21/h4-8,10H,9,22H2,1-3H3. The van der Waals surface area contributed by atoms with Crippen LogP contribution in [0.25, 0.3) is 11.0 Å². The van der Waals surface area contributed by atoms with Gasteiger partial charge in [-0.05, 0) is 48.5 Å². The molecule has 3 rings (SSSR count). The predicted octanol–water partition coefficient (Wildman–Crippen LogP) is 3.64. The van der Waals surface area contributed by atoms with Gasteiger partial charge in [-0.1, -0.05) is 12.1 Å². The average Bonchev–Trinajstić information content (AvgIpc) is 2.61. The van der Waals surface area contributed by atoms with E-state index in [0.717, 1.165) is 10.9 Å². The van der Waals surface area contributed by atoms with Crippen molar-refractivity contribution >= 4 is 34.0 Å². The highest BCUT2D eigenvalue weighted by atomic mass is 32.1. The lowest BCUT2D eigenvalue weighted by atomic mass is 9.99. The summed E-state index contributed by atoms with van der Waals surface area (Å²) in [7, 11) is 3.55. The van der Waals surface area contributed by atoms with Crippen molar-refractivity contribution < 1.29 is 13.5 Å². The lowest BCUT2D eigenvalue weighted by Crippen LogP contribution is -2.24. The van der Waals surface area contributed by atoms with Crippen LogP contribution in [0.15, 0.2) is 45.6 Å². The van der Waals surface area contributed by atoms with Gasteiger partial charge in [-0.25, -0.2) is 9.18 Å². The topological polar surface area (TPSA) is 68.7 Å². The van der Waals surface area contributed by atoms with Crippen LogP contribution in [0.3, 0.4) is 0 Å². The van der Waals surface area contributed by atoms with Crippen LogP contribution in [-0.4, -0.2) is 24.2 Å². The molecular weight excluding hydrogens is 367 g/mol. The van der Waals surface area contributed by atoms with E-state index in [1.807, 2.05) is 6.92 Å². The van der Waals surface area contributed by atoms with E-state index in [9.17, 15) is 9.18 Å². The Morgan fingerprint density at radius 2 is 2.04 bits per heavy atom. The molecule has 0 spiro atoms. The van der Waals surface area contributed by atoms with Crippen molar-refractivity contribution in [3.63, 3.8) is 0 Å². The Morgan fingerprint density at radius 3 is 2.74 bits per heavy atom. The van der Waals surface area contributed by atoms with Crippen molar-refractivity contribution in [1.29, 1.82) is 0 Å². The fourth-order valence-electron chi connectivity index (χ4n) is 2.76. The third-order valence-corrected chi connectivity index (χ3v) is 4.75. The zero-order chi connectivity index (χ0) is 19.7. The number of ether oxygens (including phenoxy) is 1. The molecule has 140 valence electrons. The molecule has 7 heteroatoms. The van der Waals surface area contributed by atoms with Gasteiger partial charge in [-0.2, -0.15) is 0 Å². The molecule has 0 radical (unpaired) electrons. The van der Waals surface area contributed by atoms with Gasteiger partial charge in [0.05, 0.1) is 5.69 Å². The first-order valence-corrected chi connectivity index (χ1v) is 8.67. The van der Waals surface area contributed by atoms with E-state index in [0.29, 0.717) is 27.6 Å². The number of nitrogen functional groups attached to an aromatic ring is 1. The summed E-state index contributed by atoms with van der Waals surface area (Å²) in [5.41, 5.74) is 7.00. The second-order valence-corrected chi connectivity index (χ2v) is 6.76. The maximum Gasteiger partial charge on any atom is 0.340 e.